The molecule has 6 heteroatoms. The molecule has 6 nitrogen and oxygen atoms in total. The molecule has 7 rings (SSSR count). The summed E-state index contributed by atoms with van der Waals surface area (Å²) in [6, 6.07) is 42.8. The lowest BCUT2D eigenvalue weighted by Gasteiger charge is -2.13. The Morgan fingerprint density at radius 3 is 2.05 bits per heavy atom. The van der Waals surface area contributed by atoms with E-state index in [1.165, 1.54) is 0 Å². The molecule has 0 aliphatic rings. The summed E-state index contributed by atoms with van der Waals surface area (Å²) < 4.78 is 11.6. The standard InChI is InChI=1S/C36H28N4O2/c1-41-35-21-26(17-20-34(35)42-23-24-9-3-2-4-10-24)33-22-32(39-40-33)25-15-18-27(19-16-25)37-36-28-11-5-7-13-30(28)38-31-14-8-6-12-29(31)36/h2-22H,23H2,1H3,(H,37,38)(H,39,40). The van der Waals surface area contributed by atoms with E-state index < -0.39 is 0 Å². The number of H-pyrrole nitrogens is 1. The summed E-state index contributed by atoms with van der Waals surface area (Å²) in [7, 11) is 1.65. The van der Waals surface area contributed by atoms with Crippen LogP contribution in [0.1, 0.15) is 5.56 Å². The van der Waals surface area contributed by atoms with E-state index in [9.17, 15) is 0 Å². The summed E-state index contributed by atoms with van der Waals surface area (Å²) in [6.07, 6.45) is 0. The van der Waals surface area contributed by atoms with E-state index in [0.717, 1.165) is 61.3 Å². The smallest absolute Gasteiger partial charge is 0.161 e. The van der Waals surface area contributed by atoms with E-state index in [1.807, 2.05) is 91.0 Å². The van der Waals surface area contributed by atoms with Crippen molar-refractivity contribution in [3.8, 4) is 34.0 Å². The minimum Gasteiger partial charge on any atom is -0.493 e. The van der Waals surface area contributed by atoms with Crippen molar-refractivity contribution in [3.63, 3.8) is 0 Å². The van der Waals surface area contributed by atoms with Crippen LogP contribution in [-0.2, 0) is 6.61 Å². The van der Waals surface area contributed by atoms with Gasteiger partial charge in [0, 0.05) is 22.0 Å². The number of nitrogens with zero attached hydrogens (tertiary/aromatic N) is 2. The average Bonchev–Trinajstić information content (AvgIpc) is 3.55. The normalized spacial score (nSPS) is 11.1. The number of hydrogen-bond donors (Lipinski definition) is 2. The molecule has 0 atom stereocenters. The number of benzene rings is 5. The zero-order valence-electron chi connectivity index (χ0n) is 23.0. The number of pyridine rings is 1. The molecule has 0 fully saturated rings. The van der Waals surface area contributed by atoms with Crippen LogP contribution in [0.4, 0.5) is 11.4 Å². The van der Waals surface area contributed by atoms with Gasteiger partial charge in [0.05, 0.1) is 35.2 Å². The molecule has 0 aliphatic heterocycles. The van der Waals surface area contributed by atoms with Crippen molar-refractivity contribution in [2.45, 2.75) is 6.61 Å². The van der Waals surface area contributed by atoms with Crippen molar-refractivity contribution in [2.24, 2.45) is 0 Å². The maximum atomic E-state index is 6.02. The monoisotopic (exact) mass is 548 g/mol. The number of rotatable bonds is 8. The van der Waals surface area contributed by atoms with E-state index in [-0.39, 0.29) is 0 Å². The van der Waals surface area contributed by atoms with Gasteiger partial charge in [-0.1, -0.05) is 78.9 Å². The molecule has 0 saturated heterocycles. The molecule has 0 radical (unpaired) electrons. The number of aromatic nitrogens is 3. The molecule has 0 spiro atoms. The number of ether oxygens (including phenoxy) is 2. The number of anilines is 2. The van der Waals surface area contributed by atoms with E-state index in [2.05, 4.69) is 51.9 Å². The van der Waals surface area contributed by atoms with Crippen LogP contribution >= 0.6 is 0 Å². The van der Waals surface area contributed by atoms with E-state index in [4.69, 9.17) is 14.5 Å². The molecule has 204 valence electrons. The number of hydrogen-bond acceptors (Lipinski definition) is 5. The van der Waals surface area contributed by atoms with E-state index in [0.29, 0.717) is 18.1 Å². The highest BCUT2D eigenvalue weighted by Gasteiger charge is 2.12. The summed E-state index contributed by atoms with van der Waals surface area (Å²) in [5, 5.41) is 13.6. The third kappa shape index (κ3) is 5.02. The minimum atomic E-state index is 0.474. The molecule has 2 heterocycles. The van der Waals surface area contributed by atoms with Crippen LogP contribution in [0.25, 0.3) is 44.3 Å². The van der Waals surface area contributed by atoms with Gasteiger partial charge in [-0.15, -0.1) is 0 Å². The molecular weight excluding hydrogens is 520 g/mol. The van der Waals surface area contributed by atoms with Gasteiger partial charge in [-0.05, 0) is 59.7 Å². The van der Waals surface area contributed by atoms with Gasteiger partial charge in [0.2, 0.25) is 0 Å². The van der Waals surface area contributed by atoms with Crippen LogP contribution in [0.5, 0.6) is 11.5 Å². The number of nitrogens with one attached hydrogen (secondary N) is 2. The van der Waals surface area contributed by atoms with Gasteiger partial charge >= 0.3 is 0 Å². The Labute approximate surface area is 243 Å². The number of fused-ring (bicyclic) bond motifs is 2. The Morgan fingerprint density at radius 1 is 0.667 bits per heavy atom. The summed E-state index contributed by atoms with van der Waals surface area (Å²) in [6.45, 7) is 0.474. The fraction of sp³-hybridized carbons (Fsp3) is 0.0556. The van der Waals surface area contributed by atoms with Crippen LogP contribution in [0.3, 0.4) is 0 Å². The third-order valence-electron chi connectivity index (χ3n) is 7.33. The highest BCUT2D eigenvalue weighted by Crippen LogP contribution is 2.35. The first-order chi connectivity index (χ1) is 20.7. The highest BCUT2D eigenvalue weighted by atomic mass is 16.5. The number of aromatic amines is 1. The van der Waals surface area contributed by atoms with Gasteiger partial charge in [-0.2, -0.15) is 5.10 Å². The summed E-state index contributed by atoms with van der Waals surface area (Å²) >= 11 is 0. The van der Waals surface area contributed by atoms with Crippen LogP contribution in [0, 0.1) is 0 Å². The Kier molecular flexibility index (Phi) is 6.70. The second-order valence-corrected chi connectivity index (χ2v) is 10.0. The molecule has 7 aromatic rings. The molecule has 0 bridgehead atoms. The first kappa shape index (κ1) is 25.4. The number of para-hydroxylation sites is 2. The van der Waals surface area contributed by atoms with E-state index >= 15 is 0 Å². The van der Waals surface area contributed by atoms with Gasteiger partial charge in [0.25, 0.3) is 0 Å². The minimum absolute atomic E-state index is 0.474. The maximum absolute atomic E-state index is 6.02. The SMILES string of the molecule is COc1cc(-c2cc(-c3ccc(Nc4c5ccccc5nc5ccccc45)cc3)[nH]n2)ccc1OCc1ccccc1. The Morgan fingerprint density at radius 2 is 1.33 bits per heavy atom. The quantitative estimate of drug-likeness (QED) is 0.186. The molecular formula is C36H28N4O2. The van der Waals surface area contributed by atoms with Crippen molar-refractivity contribution in [3.05, 3.63) is 133 Å². The fourth-order valence-corrected chi connectivity index (χ4v) is 5.15. The maximum Gasteiger partial charge on any atom is 0.161 e. The predicted octanol–water partition coefficient (Wildman–Crippen LogP) is 8.78. The zero-order chi connectivity index (χ0) is 28.3. The zero-order valence-corrected chi connectivity index (χ0v) is 23.0. The topological polar surface area (TPSA) is 72.1 Å². The summed E-state index contributed by atoms with van der Waals surface area (Å²) in [4.78, 5) is 4.83. The fourth-order valence-electron chi connectivity index (χ4n) is 5.15. The van der Waals surface area contributed by atoms with Gasteiger partial charge < -0.3 is 14.8 Å². The molecule has 2 aromatic heterocycles. The Hall–Kier alpha value is -5.62. The largest absolute Gasteiger partial charge is 0.493 e. The van der Waals surface area contributed by atoms with Crippen molar-refractivity contribution in [1.29, 1.82) is 0 Å². The second kappa shape index (κ2) is 11.1. The molecule has 0 aliphatic carbocycles. The van der Waals surface area contributed by atoms with Crippen LogP contribution in [0.2, 0.25) is 0 Å². The molecule has 2 N–H and O–H groups in total. The summed E-state index contributed by atoms with van der Waals surface area (Å²) in [5.74, 6) is 1.36. The average molecular weight is 549 g/mol. The van der Waals surface area contributed by atoms with Crippen molar-refractivity contribution >= 4 is 33.2 Å². The molecule has 5 aromatic carbocycles. The van der Waals surface area contributed by atoms with Crippen LogP contribution in [-0.4, -0.2) is 22.3 Å². The van der Waals surface area contributed by atoms with Crippen LogP contribution in [0.15, 0.2) is 127 Å². The van der Waals surface area contributed by atoms with Crippen molar-refractivity contribution < 1.29 is 9.47 Å². The lowest BCUT2D eigenvalue weighted by molar-refractivity contribution is 0.284. The van der Waals surface area contributed by atoms with E-state index in [1.54, 1.807) is 7.11 Å². The van der Waals surface area contributed by atoms with Crippen molar-refractivity contribution in [2.75, 3.05) is 12.4 Å². The molecule has 42 heavy (non-hydrogen) atoms. The molecule has 0 saturated carbocycles. The first-order valence-electron chi connectivity index (χ1n) is 13.8. The third-order valence-corrected chi connectivity index (χ3v) is 7.33. The molecule has 0 amide bonds. The summed E-state index contributed by atoms with van der Waals surface area (Å²) in [5.41, 5.74) is 8.82. The van der Waals surface area contributed by atoms with Crippen molar-refractivity contribution in [1.82, 2.24) is 15.2 Å². The lowest BCUT2D eigenvalue weighted by Crippen LogP contribution is -1.97. The lowest BCUT2D eigenvalue weighted by atomic mass is 10.1. The second-order valence-electron chi connectivity index (χ2n) is 10.0. The van der Waals surface area contributed by atoms with Gasteiger partial charge in [0.15, 0.2) is 11.5 Å². The predicted molar refractivity (Wildman–Crippen MR) is 169 cm³/mol. The number of methoxy groups -OCH3 is 1. The highest BCUT2D eigenvalue weighted by molar-refractivity contribution is 6.08. The van der Waals surface area contributed by atoms with Crippen LogP contribution < -0.4 is 14.8 Å². The first-order valence-corrected chi connectivity index (χ1v) is 13.8. The molecule has 0 unspecified atom stereocenters. The Balaban J connectivity index is 1.11. The van der Waals surface area contributed by atoms with Gasteiger partial charge in [0.1, 0.15) is 6.61 Å². The van der Waals surface area contributed by atoms with Gasteiger partial charge in [-0.25, -0.2) is 4.98 Å². The Bertz CT molecular complexity index is 1950. The van der Waals surface area contributed by atoms with Gasteiger partial charge in [-0.3, -0.25) is 5.10 Å².